The second kappa shape index (κ2) is 9.06. The van der Waals surface area contributed by atoms with Gasteiger partial charge in [-0.3, -0.25) is 4.90 Å². The standard InChI is InChI=1S/C22H25FN4O2S/c1-3-29-22(28)19-15(2)18-20(24-14-25-21(18)30-19)27-10-4-9-26(11-12-27)13-16-5-7-17(23)8-6-16/h5-8,14H,3-4,9-13H2,1-2H3. The lowest BCUT2D eigenvalue weighted by Crippen LogP contribution is -2.31. The Morgan fingerprint density at radius 1 is 1.17 bits per heavy atom. The van der Waals surface area contributed by atoms with Crippen LogP contribution in [0.2, 0.25) is 0 Å². The van der Waals surface area contributed by atoms with Gasteiger partial charge in [-0.1, -0.05) is 12.1 Å². The Morgan fingerprint density at radius 3 is 2.73 bits per heavy atom. The number of aromatic nitrogens is 2. The summed E-state index contributed by atoms with van der Waals surface area (Å²) in [5.74, 6) is 0.375. The molecule has 3 heterocycles. The molecule has 0 N–H and O–H groups in total. The first kappa shape index (κ1) is 20.7. The predicted octanol–water partition coefficient (Wildman–Crippen LogP) is 4.03. The molecule has 2 aromatic heterocycles. The highest BCUT2D eigenvalue weighted by Crippen LogP contribution is 2.35. The summed E-state index contributed by atoms with van der Waals surface area (Å²) in [5.41, 5.74) is 2.00. The Hall–Kier alpha value is -2.58. The molecule has 0 spiro atoms. The van der Waals surface area contributed by atoms with Crippen LogP contribution in [0.3, 0.4) is 0 Å². The van der Waals surface area contributed by atoms with E-state index in [1.807, 2.05) is 19.1 Å². The summed E-state index contributed by atoms with van der Waals surface area (Å²) in [6.07, 6.45) is 2.57. The second-order valence-corrected chi connectivity index (χ2v) is 8.40. The summed E-state index contributed by atoms with van der Waals surface area (Å²) in [7, 11) is 0. The number of anilines is 1. The van der Waals surface area contributed by atoms with Crippen LogP contribution in [0, 0.1) is 12.7 Å². The topological polar surface area (TPSA) is 58.6 Å². The molecular weight excluding hydrogens is 403 g/mol. The lowest BCUT2D eigenvalue weighted by atomic mass is 10.2. The number of ether oxygens (including phenoxy) is 1. The van der Waals surface area contributed by atoms with Crippen LogP contribution < -0.4 is 4.90 Å². The quantitative estimate of drug-likeness (QED) is 0.572. The summed E-state index contributed by atoms with van der Waals surface area (Å²) in [6.45, 7) is 8.47. The summed E-state index contributed by atoms with van der Waals surface area (Å²) in [5, 5.41) is 0.942. The SMILES string of the molecule is CCOC(=O)c1sc2ncnc(N3CCCN(Cc4ccc(F)cc4)CC3)c2c1C. The maximum absolute atomic E-state index is 13.2. The van der Waals surface area contributed by atoms with Crippen molar-refractivity contribution in [1.29, 1.82) is 0 Å². The van der Waals surface area contributed by atoms with E-state index < -0.39 is 0 Å². The van der Waals surface area contributed by atoms with Crippen molar-refractivity contribution in [3.05, 3.63) is 52.4 Å². The summed E-state index contributed by atoms with van der Waals surface area (Å²) in [6, 6.07) is 6.71. The maximum Gasteiger partial charge on any atom is 0.348 e. The van der Waals surface area contributed by atoms with E-state index in [0.717, 1.165) is 66.3 Å². The van der Waals surface area contributed by atoms with E-state index in [-0.39, 0.29) is 11.8 Å². The number of benzene rings is 1. The van der Waals surface area contributed by atoms with E-state index in [9.17, 15) is 9.18 Å². The van der Waals surface area contributed by atoms with Gasteiger partial charge in [0.05, 0.1) is 12.0 Å². The van der Waals surface area contributed by atoms with Gasteiger partial charge in [-0.2, -0.15) is 0 Å². The van der Waals surface area contributed by atoms with Crippen LogP contribution in [0.1, 0.15) is 34.1 Å². The Balaban J connectivity index is 1.54. The lowest BCUT2D eigenvalue weighted by molar-refractivity contribution is 0.0531. The van der Waals surface area contributed by atoms with Crippen molar-refractivity contribution in [2.24, 2.45) is 0 Å². The predicted molar refractivity (Wildman–Crippen MR) is 117 cm³/mol. The zero-order valence-corrected chi connectivity index (χ0v) is 18.0. The lowest BCUT2D eigenvalue weighted by Gasteiger charge is -2.23. The van der Waals surface area contributed by atoms with E-state index >= 15 is 0 Å². The Bertz CT molecular complexity index is 1040. The van der Waals surface area contributed by atoms with Crippen LogP contribution in [-0.2, 0) is 11.3 Å². The van der Waals surface area contributed by atoms with Crippen molar-refractivity contribution < 1.29 is 13.9 Å². The number of rotatable bonds is 5. The molecule has 1 saturated heterocycles. The minimum atomic E-state index is -0.301. The first-order chi connectivity index (χ1) is 14.6. The summed E-state index contributed by atoms with van der Waals surface area (Å²) in [4.78, 5) is 27.4. The number of aryl methyl sites for hydroxylation is 1. The normalized spacial score (nSPS) is 15.4. The minimum absolute atomic E-state index is 0.207. The number of carbonyl (C=O) groups is 1. The summed E-state index contributed by atoms with van der Waals surface area (Å²) < 4.78 is 18.4. The Morgan fingerprint density at radius 2 is 1.97 bits per heavy atom. The van der Waals surface area contributed by atoms with Crippen LogP contribution in [0.5, 0.6) is 0 Å². The third-order valence-electron chi connectivity index (χ3n) is 5.38. The fraction of sp³-hybridized carbons (Fsp3) is 0.409. The highest BCUT2D eigenvalue weighted by Gasteiger charge is 2.24. The van der Waals surface area contributed by atoms with Crippen LogP contribution in [-0.4, -0.2) is 53.6 Å². The van der Waals surface area contributed by atoms with Crippen molar-refractivity contribution in [2.75, 3.05) is 37.7 Å². The molecular formula is C22H25FN4O2S. The van der Waals surface area contributed by atoms with Crippen molar-refractivity contribution >= 4 is 33.3 Å². The van der Waals surface area contributed by atoms with Crippen molar-refractivity contribution in [3.63, 3.8) is 0 Å². The molecule has 1 aromatic carbocycles. The molecule has 0 radical (unpaired) electrons. The molecule has 0 aliphatic carbocycles. The molecule has 0 amide bonds. The van der Waals surface area contributed by atoms with E-state index in [0.29, 0.717) is 11.5 Å². The molecule has 30 heavy (non-hydrogen) atoms. The molecule has 1 aliphatic heterocycles. The Labute approximate surface area is 179 Å². The number of carbonyl (C=O) groups excluding carboxylic acids is 1. The van der Waals surface area contributed by atoms with Gasteiger partial charge in [-0.25, -0.2) is 19.2 Å². The second-order valence-electron chi connectivity index (χ2n) is 7.40. The molecule has 3 aromatic rings. The van der Waals surface area contributed by atoms with Crippen LogP contribution in [0.4, 0.5) is 10.2 Å². The molecule has 158 valence electrons. The smallest absolute Gasteiger partial charge is 0.348 e. The number of thiophene rings is 1. The largest absolute Gasteiger partial charge is 0.462 e. The van der Waals surface area contributed by atoms with Gasteiger partial charge in [0.1, 0.15) is 27.7 Å². The molecule has 4 rings (SSSR count). The first-order valence-electron chi connectivity index (χ1n) is 10.2. The molecule has 1 fully saturated rings. The van der Waals surface area contributed by atoms with Gasteiger partial charge in [0.2, 0.25) is 0 Å². The molecule has 0 atom stereocenters. The third kappa shape index (κ3) is 4.29. The monoisotopic (exact) mass is 428 g/mol. The molecule has 6 nitrogen and oxygen atoms in total. The van der Waals surface area contributed by atoms with E-state index in [1.165, 1.54) is 23.5 Å². The highest BCUT2D eigenvalue weighted by atomic mass is 32.1. The fourth-order valence-electron chi connectivity index (χ4n) is 3.87. The average Bonchev–Trinajstić information content (AvgIpc) is 2.92. The van der Waals surface area contributed by atoms with Gasteiger partial charge in [-0.15, -0.1) is 11.3 Å². The van der Waals surface area contributed by atoms with Crippen LogP contribution in [0.15, 0.2) is 30.6 Å². The number of hydrogen-bond acceptors (Lipinski definition) is 7. The van der Waals surface area contributed by atoms with Gasteiger partial charge < -0.3 is 9.64 Å². The molecule has 0 saturated carbocycles. The molecule has 1 aliphatic rings. The van der Waals surface area contributed by atoms with Gasteiger partial charge >= 0.3 is 5.97 Å². The van der Waals surface area contributed by atoms with E-state index in [1.54, 1.807) is 13.3 Å². The zero-order chi connectivity index (χ0) is 21.1. The first-order valence-corrected chi connectivity index (χ1v) is 11.0. The van der Waals surface area contributed by atoms with Crippen molar-refractivity contribution in [1.82, 2.24) is 14.9 Å². The molecule has 0 unspecified atom stereocenters. The zero-order valence-electron chi connectivity index (χ0n) is 17.2. The minimum Gasteiger partial charge on any atom is -0.462 e. The summed E-state index contributed by atoms with van der Waals surface area (Å²) >= 11 is 1.37. The van der Waals surface area contributed by atoms with Crippen molar-refractivity contribution in [3.8, 4) is 0 Å². The maximum atomic E-state index is 13.2. The number of esters is 1. The number of nitrogens with zero attached hydrogens (tertiary/aromatic N) is 4. The van der Waals surface area contributed by atoms with Gasteiger partial charge in [0, 0.05) is 32.7 Å². The average molecular weight is 429 g/mol. The number of hydrogen-bond donors (Lipinski definition) is 0. The number of fused-ring (bicyclic) bond motifs is 1. The molecule has 0 bridgehead atoms. The van der Waals surface area contributed by atoms with Gasteiger partial charge in [0.25, 0.3) is 0 Å². The number of halogens is 1. The third-order valence-corrected chi connectivity index (χ3v) is 6.55. The Kier molecular flexibility index (Phi) is 6.24. The van der Waals surface area contributed by atoms with Crippen molar-refractivity contribution in [2.45, 2.75) is 26.8 Å². The fourth-order valence-corrected chi connectivity index (χ4v) is 4.91. The van der Waals surface area contributed by atoms with Crippen LogP contribution >= 0.6 is 11.3 Å². The van der Waals surface area contributed by atoms with Gasteiger partial charge in [0.15, 0.2) is 0 Å². The van der Waals surface area contributed by atoms with Crippen LogP contribution in [0.25, 0.3) is 10.2 Å². The van der Waals surface area contributed by atoms with Gasteiger partial charge in [-0.05, 0) is 43.5 Å². The van der Waals surface area contributed by atoms with E-state index in [2.05, 4.69) is 19.8 Å². The van der Waals surface area contributed by atoms with E-state index in [4.69, 9.17) is 4.74 Å². The molecule has 8 heteroatoms. The highest BCUT2D eigenvalue weighted by molar-refractivity contribution is 7.20.